The van der Waals surface area contributed by atoms with Crippen LogP contribution < -0.4 is 4.90 Å². The molecule has 0 aliphatic carbocycles. The van der Waals surface area contributed by atoms with E-state index in [0.717, 1.165) is 35.7 Å². The van der Waals surface area contributed by atoms with Gasteiger partial charge in [-0.15, -0.1) is 0 Å². The summed E-state index contributed by atoms with van der Waals surface area (Å²) in [5.74, 6) is -0.536. The zero-order valence-corrected chi connectivity index (χ0v) is 19.3. The first-order valence-electron chi connectivity index (χ1n) is 11.9. The highest BCUT2D eigenvalue weighted by molar-refractivity contribution is 6.01. The van der Waals surface area contributed by atoms with Crippen LogP contribution in [0.4, 0.5) is 10.1 Å². The molecule has 10 nitrogen and oxygen atoms in total. The van der Waals surface area contributed by atoms with E-state index in [0.29, 0.717) is 43.0 Å². The lowest BCUT2D eigenvalue weighted by Crippen LogP contribution is -2.41. The molecule has 5 aromatic heterocycles. The second kappa shape index (κ2) is 8.16. The highest BCUT2D eigenvalue weighted by Crippen LogP contribution is 2.35. The van der Waals surface area contributed by atoms with Crippen molar-refractivity contribution >= 4 is 22.6 Å². The zero-order chi connectivity index (χ0) is 24.2. The van der Waals surface area contributed by atoms with Crippen LogP contribution >= 0.6 is 0 Å². The fourth-order valence-corrected chi connectivity index (χ4v) is 5.23. The summed E-state index contributed by atoms with van der Waals surface area (Å²) < 4.78 is 23.1. The molecule has 2 aliphatic rings. The third kappa shape index (κ3) is 3.27. The summed E-state index contributed by atoms with van der Waals surface area (Å²) in [6.45, 7) is 3.50. The molecule has 1 atom stereocenters. The molecule has 0 aromatic carbocycles. The summed E-state index contributed by atoms with van der Waals surface area (Å²) in [6, 6.07) is 8.10. The number of hydrogen-bond acceptors (Lipinski definition) is 6. The molecular weight excluding hydrogens is 463 g/mol. The van der Waals surface area contributed by atoms with Gasteiger partial charge in [-0.05, 0) is 30.3 Å². The van der Waals surface area contributed by atoms with Crippen molar-refractivity contribution in [1.29, 1.82) is 0 Å². The van der Waals surface area contributed by atoms with Gasteiger partial charge in [0.1, 0.15) is 17.4 Å². The van der Waals surface area contributed by atoms with Gasteiger partial charge < -0.3 is 19.5 Å². The van der Waals surface area contributed by atoms with E-state index in [2.05, 4.69) is 25.1 Å². The van der Waals surface area contributed by atoms with Crippen LogP contribution in [0.3, 0.4) is 0 Å². The second-order valence-electron chi connectivity index (χ2n) is 9.05. The SMILES string of the molecule is O=C(c1cnn2cc(N3CCOCC3)ccc12)N1CCc2[nH]cnc2C1c1cc2c(F)cccn2n1. The van der Waals surface area contributed by atoms with Crippen LogP contribution in [0.5, 0.6) is 0 Å². The number of pyridine rings is 2. The van der Waals surface area contributed by atoms with Crippen molar-refractivity contribution in [2.45, 2.75) is 12.5 Å². The van der Waals surface area contributed by atoms with Crippen LogP contribution in [0, 0.1) is 5.82 Å². The molecule has 1 N–H and O–H groups in total. The Hall–Kier alpha value is -4.25. The lowest BCUT2D eigenvalue weighted by atomic mass is 9.98. The van der Waals surface area contributed by atoms with Crippen LogP contribution in [0.15, 0.2) is 55.2 Å². The van der Waals surface area contributed by atoms with Crippen molar-refractivity contribution in [3.63, 3.8) is 0 Å². The summed E-state index contributed by atoms with van der Waals surface area (Å²) >= 11 is 0. The number of hydrogen-bond donors (Lipinski definition) is 1. The fourth-order valence-electron chi connectivity index (χ4n) is 5.23. The molecule has 7 heterocycles. The largest absolute Gasteiger partial charge is 0.378 e. The molecule has 5 aromatic rings. The van der Waals surface area contributed by atoms with Crippen molar-refractivity contribution in [3.8, 4) is 0 Å². The van der Waals surface area contributed by atoms with Gasteiger partial charge in [0.2, 0.25) is 0 Å². The number of aromatic amines is 1. The van der Waals surface area contributed by atoms with E-state index in [9.17, 15) is 9.18 Å². The van der Waals surface area contributed by atoms with Crippen LogP contribution in [-0.2, 0) is 11.2 Å². The fraction of sp³-hybridized carbons (Fsp3) is 0.280. The molecule has 36 heavy (non-hydrogen) atoms. The van der Waals surface area contributed by atoms with Crippen LogP contribution in [0.1, 0.15) is 33.5 Å². The number of H-pyrrole nitrogens is 1. The molecule has 2 aliphatic heterocycles. The summed E-state index contributed by atoms with van der Waals surface area (Å²) in [6.07, 6.45) is 7.52. The number of rotatable bonds is 3. The predicted molar refractivity (Wildman–Crippen MR) is 129 cm³/mol. The van der Waals surface area contributed by atoms with E-state index in [1.54, 1.807) is 40.3 Å². The van der Waals surface area contributed by atoms with Crippen molar-refractivity contribution < 1.29 is 13.9 Å². The Balaban J connectivity index is 1.28. The van der Waals surface area contributed by atoms with Crippen LogP contribution in [0.25, 0.3) is 11.0 Å². The van der Waals surface area contributed by atoms with Gasteiger partial charge in [-0.25, -0.2) is 18.4 Å². The maximum Gasteiger partial charge on any atom is 0.258 e. The molecule has 11 heteroatoms. The number of ether oxygens (including phenoxy) is 1. The first-order chi connectivity index (χ1) is 17.7. The molecule has 0 spiro atoms. The summed E-state index contributed by atoms with van der Waals surface area (Å²) in [5, 5.41) is 9.10. The van der Waals surface area contributed by atoms with Gasteiger partial charge in [-0.3, -0.25) is 4.79 Å². The van der Waals surface area contributed by atoms with E-state index in [4.69, 9.17) is 4.74 Å². The van der Waals surface area contributed by atoms with Gasteiger partial charge in [0.05, 0.1) is 60.1 Å². The minimum Gasteiger partial charge on any atom is -0.378 e. The predicted octanol–water partition coefficient (Wildman–Crippen LogP) is 2.47. The minimum atomic E-state index is -0.547. The molecule has 1 fully saturated rings. The lowest BCUT2D eigenvalue weighted by molar-refractivity contribution is 0.0689. The average molecular weight is 487 g/mol. The van der Waals surface area contributed by atoms with Crippen LogP contribution in [0.2, 0.25) is 0 Å². The average Bonchev–Trinajstić information content (AvgIpc) is 3.66. The van der Waals surface area contributed by atoms with E-state index in [-0.39, 0.29) is 11.7 Å². The van der Waals surface area contributed by atoms with E-state index in [1.165, 1.54) is 10.6 Å². The Morgan fingerprint density at radius 1 is 1.11 bits per heavy atom. The van der Waals surface area contributed by atoms with Gasteiger partial charge in [-0.2, -0.15) is 10.2 Å². The molecule has 1 unspecified atom stereocenters. The van der Waals surface area contributed by atoms with Gasteiger partial charge in [0, 0.05) is 37.9 Å². The number of carbonyl (C=O) groups excluding carboxylic acids is 1. The molecule has 0 bridgehead atoms. The lowest BCUT2D eigenvalue weighted by Gasteiger charge is -2.33. The number of carbonyl (C=O) groups is 1. The van der Waals surface area contributed by atoms with Gasteiger partial charge in [0.25, 0.3) is 5.91 Å². The quantitative estimate of drug-likeness (QED) is 0.421. The smallest absolute Gasteiger partial charge is 0.258 e. The number of amides is 1. The van der Waals surface area contributed by atoms with Gasteiger partial charge in [-0.1, -0.05) is 0 Å². The third-order valence-corrected chi connectivity index (χ3v) is 7.04. The Morgan fingerprint density at radius 2 is 2.00 bits per heavy atom. The van der Waals surface area contributed by atoms with Crippen molar-refractivity contribution in [2.75, 3.05) is 37.7 Å². The zero-order valence-electron chi connectivity index (χ0n) is 19.3. The maximum absolute atomic E-state index is 14.4. The number of aromatic nitrogens is 6. The minimum absolute atomic E-state index is 0.166. The summed E-state index contributed by atoms with van der Waals surface area (Å²) in [7, 11) is 0. The monoisotopic (exact) mass is 486 g/mol. The van der Waals surface area contributed by atoms with E-state index < -0.39 is 6.04 Å². The number of nitrogens with one attached hydrogen (secondary N) is 1. The standard InChI is InChI=1S/C25H23FN8O2/c26-18-2-1-6-33-22(18)12-20(30-33)24-23-19(27-15-28-23)5-7-32(24)25(35)17-13-29-34-14-16(3-4-21(17)34)31-8-10-36-11-9-31/h1-4,6,12-15,24H,5,7-11H2,(H,27,28). The number of morpholine rings is 1. The third-order valence-electron chi connectivity index (χ3n) is 7.04. The maximum atomic E-state index is 14.4. The molecule has 1 saturated heterocycles. The summed E-state index contributed by atoms with van der Waals surface area (Å²) in [5.41, 5.74) is 4.87. The number of imidazole rings is 1. The van der Waals surface area contributed by atoms with Crippen molar-refractivity contribution in [2.24, 2.45) is 0 Å². The molecule has 182 valence electrons. The second-order valence-corrected chi connectivity index (χ2v) is 9.05. The van der Waals surface area contributed by atoms with Gasteiger partial charge >= 0.3 is 0 Å². The summed E-state index contributed by atoms with van der Waals surface area (Å²) in [4.78, 5) is 25.7. The van der Waals surface area contributed by atoms with Gasteiger partial charge in [0.15, 0.2) is 0 Å². The first-order valence-corrected chi connectivity index (χ1v) is 11.9. The van der Waals surface area contributed by atoms with Crippen LogP contribution in [-0.4, -0.2) is 72.9 Å². The number of nitrogens with zero attached hydrogens (tertiary/aromatic N) is 7. The number of anilines is 1. The molecule has 1 amide bonds. The number of halogens is 1. The van der Waals surface area contributed by atoms with E-state index in [1.807, 2.05) is 18.3 Å². The number of fused-ring (bicyclic) bond motifs is 3. The van der Waals surface area contributed by atoms with E-state index >= 15 is 0 Å². The topological polar surface area (TPSA) is 96.1 Å². The molecule has 7 rings (SSSR count). The Labute approximate surface area is 204 Å². The Bertz CT molecular complexity index is 1600. The normalized spacial score (nSPS) is 18.2. The molecular formula is C25H23FN8O2. The Kier molecular flexibility index (Phi) is 4.78. The van der Waals surface area contributed by atoms with Crippen molar-refractivity contribution in [1.82, 2.24) is 34.1 Å². The Morgan fingerprint density at radius 3 is 2.86 bits per heavy atom. The first kappa shape index (κ1) is 21.1. The molecule has 0 radical (unpaired) electrons. The van der Waals surface area contributed by atoms with Crippen molar-refractivity contribution in [3.05, 3.63) is 83.7 Å². The highest BCUT2D eigenvalue weighted by Gasteiger charge is 2.37. The molecule has 0 saturated carbocycles. The highest BCUT2D eigenvalue weighted by atomic mass is 19.1.